The third-order valence-electron chi connectivity index (χ3n) is 2.55. The summed E-state index contributed by atoms with van der Waals surface area (Å²) < 4.78 is 42.5. The van der Waals surface area contributed by atoms with E-state index in [9.17, 15) is 13.2 Å². The summed E-state index contributed by atoms with van der Waals surface area (Å²) in [5.41, 5.74) is -0.616. The number of aromatic nitrogens is 3. The predicted octanol–water partition coefficient (Wildman–Crippen LogP) is 2.43. The van der Waals surface area contributed by atoms with Crippen molar-refractivity contribution in [2.45, 2.75) is 19.1 Å². The van der Waals surface area contributed by atoms with Crippen molar-refractivity contribution in [1.82, 2.24) is 20.5 Å². The molecule has 0 radical (unpaired) electrons. The molecule has 102 valence electrons. The van der Waals surface area contributed by atoms with Crippen LogP contribution in [0.4, 0.5) is 13.2 Å². The van der Waals surface area contributed by atoms with Gasteiger partial charge in [0.05, 0.1) is 11.6 Å². The summed E-state index contributed by atoms with van der Waals surface area (Å²) in [5.74, 6) is 0.435. The number of rotatable bonds is 3. The Labute approximate surface area is 106 Å². The van der Waals surface area contributed by atoms with Crippen molar-refractivity contribution in [3.8, 4) is 11.6 Å². The first-order chi connectivity index (χ1) is 8.91. The van der Waals surface area contributed by atoms with E-state index >= 15 is 0 Å². The summed E-state index contributed by atoms with van der Waals surface area (Å²) in [4.78, 5) is 3.68. The first-order valence-corrected chi connectivity index (χ1v) is 5.46. The van der Waals surface area contributed by atoms with Crippen molar-refractivity contribution in [2.24, 2.45) is 0 Å². The van der Waals surface area contributed by atoms with Gasteiger partial charge in [-0.15, -0.1) is 10.2 Å². The highest BCUT2D eigenvalue weighted by atomic mass is 19.4. The summed E-state index contributed by atoms with van der Waals surface area (Å²) in [6.07, 6.45) is -3.67. The van der Waals surface area contributed by atoms with E-state index in [1.165, 1.54) is 6.07 Å². The molecule has 19 heavy (non-hydrogen) atoms. The van der Waals surface area contributed by atoms with Crippen molar-refractivity contribution < 1.29 is 17.6 Å². The second kappa shape index (κ2) is 4.96. The van der Waals surface area contributed by atoms with Gasteiger partial charge in [-0.05, 0) is 26.1 Å². The number of pyridine rings is 1. The van der Waals surface area contributed by atoms with Crippen LogP contribution < -0.4 is 5.32 Å². The Hall–Kier alpha value is -1.96. The summed E-state index contributed by atoms with van der Waals surface area (Å²) in [5, 5.41) is 10.4. The van der Waals surface area contributed by atoms with Crippen LogP contribution in [0.2, 0.25) is 0 Å². The van der Waals surface area contributed by atoms with Gasteiger partial charge >= 0.3 is 6.18 Å². The van der Waals surface area contributed by atoms with E-state index in [1.54, 1.807) is 7.05 Å². The first kappa shape index (κ1) is 13.5. The third kappa shape index (κ3) is 2.90. The molecule has 8 heteroatoms. The molecule has 0 bridgehead atoms. The number of hydrogen-bond donors (Lipinski definition) is 1. The van der Waals surface area contributed by atoms with Crippen LogP contribution in [0, 0.1) is 0 Å². The zero-order valence-electron chi connectivity index (χ0n) is 10.2. The molecule has 0 aliphatic heterocycles. The second-order valence-corrected chi connectivity index (χ2v) is 3.89. The van der Waals surface area contributed by atoms with Gasteiger partial charge in [0.15, 0.2) is 0 Å². The van der Waals surface area contributed by atoms with Crippen molar-refractivity contribution in [1.29, 1.82) is 0 Å². The minimum Gasteiger partial charge on any atom is -0.418 e. The Morgan fingerprint density at radius 2 is 2.00 bits per heavy atom. The largest absolute Gasteiger partial charge is 0.418 e. The minimum atomic E-state index is -4.41. The lowest BCUT2D eigenvalue weighted by atomic mass is 10.2. The first-order valence-electron chi connectivity index (χ1n) is 5.46. The molecule has 0 fully saturated rings. The Balaban J connectivity index is 2.25. The summed E-state index contributed by atoms with van der Waals surface area (Å²) in [6, 6.07) is 1.98. The molecule has 2 aromatic heterocycles. The van der Waals surface area contributed by atoms with Crippen LogP contribution in [0.3, 0.4) is 0 Å². The quantitative estimate of drug-likeness (QED) is 0.929. The molecule has 5 nitrogen and oxygen atoms in total. The van der Waals surface area contributed by atoms with Crippen molar-refractivity contribution in [3.05, 3.63) is 29.8 Å². The van der Waals surface area contributed by atoms with Crippen molar-refractivity contribution in [3.63, 3.8) is 0 Å². The highest BCUT2D eigenvalue weighted by molar-refractivity contribution is 5.46. The topological polar surface area (TPSA) is 63.8 Å². The Morgan fingerprint density at radius 3 is 2.53 bits per heavy atom. The monoisotopic (exact) mass is 272 g/mol. The highest BCUT2D eigenvalue weighted by Gasteiger charge is 2.30. The highest BCUT2D eigenvalue weighted by Crippen LogP contribution is 2.29. The molecule has 0 saturated heterocycles. The van der Waals surface area contributed by atoms with E-state index in [0.29, 0.717) is 5.89 Å². The third-order valence-corrected chi connectivity index (χ3v) is 2.55. The average Bonchev–Trinajstić information content (AvgIpc) is 2.86. The number of nitrogens with zero attached hydrogens (tertiary/aromatic N) is 3. The molecule has 1 atom stereocenters. The number of hydrogen-bond acceptors (Lipinski definition) is 5. The smallest absolute Gasteiger partial charge is 0.417 e. The lowest BCUT2D eigenvalue weighted by molar-refractivity contribution is -0.137. The number of alkyl halides is 3. The van der Waals surface area contributed by atoms with E-state index in [0.717, 1.165) is 12.3 Å². The van der Waals surface area contributed by atoms with Crippen LogP contribution in [-0.4, -0.2) is 22.2 Å². The van der Waals surface area contributed by atoms with Crippen LogP contribution in [0.15, 0.2) is 22.7 Å². The van der Waals surface area contributed by atoms with E-state index < -0.39 is 11.7 Å². The fraction of sp³-hybridized carbons (Fsp3) is 0.364. The second-order valence-electron chi connectivity index (χ2n) is 3.89. The lowest BCUT2D eigenvalue weighted by Gasteiger charge is -2.05. The Kier molecular flexibility index (Phi) is 3.52. The summed E-state index contributed by atoms with van der Waals surface area (Å²) >= 11 is 0. The molecular formula is C11H11F3N4O. The van der Waals surface area contributed by atoms with Gasteiger partial charge in [0.1, 0.15) is 5.69 Å². The molecule has 1 unspecified atom stereocenters. The maximum atomic E-state index is 12.4. The van der Waals surface area contributed by atoms with Crippen LogP contribution in [0.1, 0.15) is 24.4 Å². The zero-order valence-corrected chi connectivity index (χ0v) is 10.2. The molecule has 0 amide bonds. The van der Waals surface area contributed by atoms with Gasteiger partial charge < -0.3 is 9.73 Å². The summed E-state index contributed by atoms with van der Waals surface area (Å²) in [6.45, 7) is 1.82. The summed E-state index contributed by atoms with van der Waals surface area (Å²) in [7, 11) is 1.73. The molecule has 2 rings (SSSR count). The molecule has 2 heterocycles. The normalized spacial score (nSPS) is 13.5. The van der Waals surface area contributed by atoms with Crippen LogP contribution in [0.25, 0.3) is 11.6 Å². The zero-order chi connectivity index (χ0) is 14.0. The molecule has 0 saturated carbocycles. The van der Waals surface area contributed by atoms with Gasteiger partial charge in [-0.3, -0.25) is 4.98 Å². The van der Waals surface area contributed by atoms with E-state index in [4.69, 9.17) is 4.42 Å². The molecule has 0 spiro atoms. The minimum absolute atomic E-state index is 0.0887. The van der Waals surface area contributed by atoms with Crippen molar-refractivity contribution >= 4 is 0 Å². The van der Waals surface area contributed by atoms with Crippen LogP contribution in [-0.2, 0) is 6.18 Å². The maximum absolute atomic E-state index is 12.4. The number of nitrogens with one attached hydrogen (secondary N) is 1. The fourth-order valence-electron chi connectivity index (χ4n) is 1.32. The van der Waals surface area contributed by atoms with Crippen LogP contribution >= 0.6 is 0 Å². The average molecular weight is 272 g/mol. The van der Waals surface area contributed by atoms with Gasteiger partial charge in [0.25, 0.3) is 5.89 Å². The predicted molar refractivity (Wildman–Crippen MR) is 60.0 cm³/mol. The standard InChI is InChI=1S/C11H11F3N4O/c1-6(15-2)9-17-18-10(19-9)8-4-3-7(5-16-8)11(12,13)14/h3-6,15H,1-2H3. The molecule has 0 aliphatic carbocycles. The SMILES string of the molecule is CNC(C)c1nnc(-c2ccc(C(F)(F)F)cn2)o1. The van der Waals surface area contributed by atoms with Crippen molar-refractivity contribution in [2.75, 3.05) is 7.05 Å². The van der Waals surface area contributed by atoms with Gasteiger partial charge in [-0.25, -0.2) is 0 Å². The lowest BCUT2D eigenvalue weighted by Crippen LogP contribution is -2.12. The number of halogens is 3. The molecule has 0 aromatic carbocycles. The van der Waals surface area contributed by atoms with Gasteiger partial charge in [-0.2, -0.15) is 13.2 Å². The molecule has 1 N–H and O–H groups in total. The van der Waals surface area contributed by atoms with Crippen LogP contribution in [0.5, 0.6) is 0 Å². The Morgan fingerprint density at radius 1 is 1.26 bits per heavy atom. The van der Waals surface area contributed by atoms with E-state index in [2.05, 4.69) is 20.5 Å². The fourth-order valence-corrected chi connectivity index (χ4v) is 1.32. The van der Waals surface area contributed by atoms with Gasteiger partial charge in [-0.1, -0.05) is 0 Å². The maximum Gasteiger partial charge on any atom is 0.417 e. The molecular weight excluding hydrogens is 261 g/mol. The van der Waals surface area contributed by atoms with E-state index in [-0.39, 0.29) is 17.6 Å². The van der Waals surface area contributed by atoms with E-state index in [1.807, 2.05) is 6.92 Å². The Bertz CT molecular complexity index is 550. The van der Waals surface area contributed by atoms with Gasteiger partial charge in [0.2, 0.25) is 5.89 Å². The van der Waals surface area contributed by atoms with Gasteiger partial charge in [0, 0.05) is 6.20 Å². The molecule has 0 aliphatic rings. The molecule has 2 aromatic rings.